The maximum Gasteiger partial charge on any atom is 0.435 e. The van der Waals surface area contributed by atoms with Gasteiger partial charge in [-0.25, -0.2) is 9.18 Å². The molecule has 2 N–H and O–H groups in total. The van der Waals surface area contributed by atoms with Crippen molar-refractivity contribution in [3.05, 3.63) is 54.0 Å². The number of hydrogen-bond acceptors (Lipinski definition) is 7. The molecule has 1 heterocycles. The SMILES string of the molecule is CC(C)(C)OC(=O)CNCCNCc1cc(-c2ccc3c(cnn3C(=O)OC(C)(C)C)c2)ccc1F. The summed E-state index contributed by atoms with van der Waals surface area (Å²) in [5.74, 6) is -0.610. The van der Waals surface area contributed by atoms with Gasteiger partial charge < -0.3 is 20.1 Å². The fraction of sp³-hybridized carbons (Fsp3) is 0.444. The first-order valence-corrected chi connectivity index (χ1v) is 12.0. The number of fused-ring (bicyclic) bond motifs is 1. The maximum atomic E-state index is 14.4. The van der Waals surface area contributed by atoms with E-state index in [-0.39, 0.29) is 18.3 Å². The van der Waals surface area contributed by atoms with Crippen molar-refractivity contribution in [1.82, 2.24) is 20.4 Å². The summed E-state index contributed by atoms with van der Waals surface area (Å²) in [5, 5.41) is 11.2. The van der Waals surface area contributed by atoms with Crippen LogP contribution in [0.4, 0.5) is 9.18 Å². The molecule has 9 heteroatoms. The van der Waals surface area contributed by atoms with Crippen molar-refractivity contribution < 1.29 is 23.5 Å². The minimum Gasteiger partial charge on any atom is -0.459 e. The van der Waals surface area contributed by atoms with Crippen molar-refractivity contribution in [3.63, 3.8) is 0 Å². The van der Waals surface area contributed by atoms with E-state index < -0.39 is 17.3 Å². The average Bonchev–Trinajstić information content (AvgIpc) is 3.18. The Labute approximate surface area is 211 Å². The standard InChI is InChI=1S/C27H35FN4O4/c1-26(2,3)35-24(33)17-30-12-11-29-15-20-13-18(7-9-22(20)28)19-8-10-23-21(14-19)16-31-32(23)25(34)36-27(4,5)6/h7-10,13-14,16,29-30H,11-12,15,17H2,1-6H3. The molecule has 1 aromatic heterocycles. The molecule has 0 saturated carbocycles. The first-order valence-electron chi connectivity index (χ1n) is 12.0. The number of nitrogens with zero attached hydrogens (tertiary/aromatic N) is 2. The van der Waals surface area contributed by atoms with Crippen LogP contribution in [0.1, 0.15) is 47.1 Å². The van der Waals surface area contributed by atoms with Crippen LogP contribution in [0.15, 0.2) is 42.6 Å². The molecule has 0 atom stereocenters. The van der Waals surface area contributed by atoms with Crippen LogP contribution in [0.2, 0.25) is 0 Å². The van der Waals surface area contributed by atoms with Crippen molar-refractivity contribution in [2.24, 2.45) is 0 Å². The van der Waals surface area contributed by atoms with Crippen LogP contribution in [-0.4, -0.2) is 52.7 Å². The van der Waals surface area contributed by atoms with Gasteiger partial charge in [0.05, 0.1) is 18.3 Å². The van der Waals surface area contributed by atoms with Gasteiger partial charge in [0.2, 0.25) is 0 Å². The number of carbonyl (C=O) groups is 2. The van der Waals surface area contributed by atoms with Gasteiger partial charge in [-0.3, -0.25) is 4.79 Å². The summed E-state index contributed by atoms with van der Waals surface area (Å²) in [6, 6.07) is 10.6. The van der Waals surface area contributed by atoms with Gasteiger partial charge in [-0.1, -0.05) is 12.1 Å². The van der Waals surface area contributed by atoms with E-state index in [1.54, 1.807) is 45.2 Å². The Morgan fingerprint density at radius 1 is 0.917 bits per heavy atom. The van der Waals surface area contributed by atoms with E-state index in [2.05, 4.69) is 15.7 Å². The van der Waals surface area contributed by atoms with E-state index in [0.29, 0.717) is 30.7 Å². The van der Waals surface area contributed by atoms with E-state index >= 15 is 0 Å². The van der Waals surface area contributed by atoms with Gasteiger partial charge in [0.25, 0.3) is 0 Å². The Hall–Kier alpha value is -3.30. The van der Waals surface area contributed by atoms with Crippen molar-refractivity contribution in [2.75, 3.05) is 19.6 Å². The van der Waals surface area contributed by atoms with Crippen LogP contribution < -0.4 is 10.6 Å². The molecule has 0 spiro atoms. The van der Waals surface area contributed by atoms with E-state index in [9.17, 15) is 14.0 Å². The molecule has 8 nitrogen and oxygen atoms in total. The predicted molar refractivity (Wildman–Crippen MR) is 137 cm³/mol. The zero-order chi connectivity index (χ0) is 26.5. The number of carbonyl (C=O) groups excluding carboxylic acids is 2. The van der Waals surface area contributed by atoms with Crippen LogP contribution >= 0.6 is 0 Å². The highest BCUT2D eigenvalue weighted by atomic mass is 19.1. The van der Waals surface area contributed by atoms with E-state index in [1.807, 2.05) is 32.9 Å². The molecule has 0 aliphatic carbocycles. The summed E-state index contributed by atoms with van der Waals surface area (Å²) in [5.41, 5.74) is 1.76. The Bertz CT molecular complexity index is 1220. The highest BCUT2D eigenvalue weighted by Gasteiger charge is 2.20. The monoisotopic (exact) mass is 498 g/mol. The molecule has 0 radical (unpaired) electrons. The smallest absolute Gasteiger partial charge is 0.435 e. The van der Waals surface area contributed by atoms with E-state index in [4.69, 9.17) is 9.47 Å². The average molecular weight is 499 g/mol. The normalized spacial score (nSPS) is 12.1. The third-order valence-corrected chi connectivity index (χ3v) is 5.00. The Kier molecular flexibility index (Phi) is 8.47. The van der Waals surface area contributed by atoms with Gasteiger partial charge in [0.15, 0.2) is 0 Å². The van der Waals surface area contributed by atoms with Gasteiger partial charge >= 0.3 is 12.1 Å². The fourth-order valence-corrected chi connectivity index (χ4v) is 3.52. The highest BCUT2D eigenvalue weighted by Crippen LogP contribution is 2.26. The van der Waals surface area contributed by atoms with E-state index in [1.165, 1.54) is 10.7 Å². The Balaban J connectivity index is 1.60. The first-order chi connectivity index (χ1) is 16.8. The topological polar surface area (TPSA) is 94.5 Å². The number of ether oxygens (including phenoxy) is 2. The molecule has 0 saturated heterocycles. The number of aromatic nitrogens is 2. The van der Waals surface area contributed by atoms with Crippen molar-refractivity contribution in [1.29, 1.82) is 0 Å². The summed E-state index contributed by atoms with van der Waals surface area (Å²) >= 11 is 0. The minimum absolute atomic E-state index is 0.121. The van der Waals surface area contributed by atoms with Crippen molar-refractivity contribution in [2.45, 2.75) is 59.3 Å². The maximum absolute atomic E-state index is 14.4. The fourth-order valence-electron chi connectivity index (χ4n) is 3.52. The van der Waals surface area contributed by atoms with Gasteiger partial charge in [-0.05, 0) is 76.9 Å². The zero-order valence-electron chi connectivity index (χ0n) is 21.8. The first kappa shape index (κ1) is 27.3. The Morgan fingerprint density at radius 2 is 1.56 bits per heavy atom. The molecular formula is C27H35FN4O4. The molecule has 2 aromatic carbocycles. The van der Waals surface area contributed by atoms with Crippen LogP contribution in [0.3, 0.4) is 0 Å². The van der Waals surface area contributed by atoms with Crippen LogP contribution in [-0.2, 0) is 20.8 Å². The predicted octanol–water partition coefficient (Wildman–Crippen LogP) is 4.65. The lowest BCUT2D eigenvalue weighted by Gasteiger charge is -2.19. The highest BCUT2D eigenvalue weighted by molar-refractivity contribution is 5.90. The van der Waals surface area contributed by atoms with Crippen molar-refractivity contribution >= 4 is 23.0 Å². The number of halogens is 1. The van der Waals surface area contributed by atoms with Crippen molar-refractivity contribution in [3.8, 4) is 11.1 Å². The number of nitrogens with one attached hydrogen (secondary N) is 2. The molecule has 3 rings (SSSR count). The van der Waals surface area contributed by atoms with Crippen LogP contribution in [0.5, 0.6) is 0 Å². The largest absolute Gasteiger partial charge is 0.459 e. The molecular weight excluding hydrogens is 463 g/mol. The second-order valence-corrected chi connectivity index (χ2v) is 10.6. The number of benzene rings is 2. The molecule has 0 unspecified atom stereocenters. The summed E-state index contributed by atoms with van der Waals surface area (Å²) < 4.78 is 26.3. The molecule has 0 aliphatic heterocycles. The second kappa shape index (κ2) is 11.2. The molecule has 0 bridgehead atoms. The van der Waals surface area contributed by atoms with Crippen LogP contribution in [0, 0.1) is 5.82 Å². The molecule has 0 amide bonds. The number of esters is 1. The molecule has 194 valence electrons. The van der Waals surface area contributed by atoms with Gasteiger partial charge in [-0.15, -0.1) is 0 Å². The summed E-state index contributed by atoms with van der Waals surface area (Å²) in [6.07, 6.45) is 1.07. The number of hydrogen-bond donors (Lipinski definition) is 2. The third kappa shape index (κ3) is 7.86. The lowest BCUT2D eigenvalue weighted by atomic mass is 10.0. The molecule has 36 heavy (non-hydrogen) atoms. The molecule has 3 aromatic rings. The van der Waals surface area contributed by atoms with Gasteiger partial charge in [0.1, 0.15) is 17.0 Å². The zero-order valence-corrected chi connectivity index (χ0v) is 21.8. The third-order valence-electron chi connectivity index (χ3n) is 5.00. The quantitative estimate of drug-likeness (QED) is 0.345. The van der Waals surface area contributed by atoms with Gasteiger partial charge in [0, 0.05) is 30.6 Å². The van der Waals surface area contributed by atoms with Gasteiger partial charge in [-0.2, -0.15) is 9.78 Å². The summed E-state index contributed by atoms with van der Waals surface area (Å²) in [7, 11) is 0. The summed E-state index contributed by atoms with van der Waals surface area (Å²) in [6.45, 7) is 12.4. The Morgan fingerprint density at radius 3 is 2.25 bits per heavy atom. The lowest BCUT2D eigenvalue weighted by molar-refractivity contribution is -0.153. The minimum atomic E-state index is -0.623. The van der Waals surface area contributed by atoms with E-state index in [0.717, 1.165) is 16.5 Å². The summed E-state index contributed by atoms with van der Waals surface area (Å²) in [4.78, 5) is 24.1. The lowest BCUT2D eigenvalue weighted by Crippen LogP contribution is -2.34. The molecule has 0 fully saturated rings. The molecule has 0 aliphatic rings. The van der Waals surface area contributed by atoms with Crippen LogP contribution in [0.25, 0.3) is 22.0 Å². The number of rotatable bonds is 8. The second-order valence-electron chi connectivity index (χ2n) is 10.6.